The van der Waals surface area contributed by atoms with Crippen LogP contribution in [-0.2, 0) is 11.3 Å². The fraction of sp³-hybridized carbons (Fsp3) is 0.200. The first-order chi connectivity index (χ1) is 12.2. The van der Waals surface area contributed by atoms with Crippen LogP contribution in [0.4, 0.5) is 0 Å². The summed E-state index contributed by atoms with van der Waals surface area (Å²) in [7, 11) is 0. The predicted octanol–water partition coefficient (Wildman–Crippen LogP) is 5.07. The molecule has 0 radical (unpaired) electrons. The van der Waals surface area contributed by atoms with E-state index < -0.39 is 0 Å². The van der Waals surface area contributed by atoms with E-state index >= 15 is 0 Å². The summed E-state index contributed by atoms with van der Waals surface area (Å²) in [4.78, 5) is 8.97. The lowest BCUT2D eigenvalue weighted by Crippen LogP contribution is -2.02. The second-order valence-electron chi connectivity index (χ2n) is 6.18. The van der Waals surface area contributed by atoms with E-state index in [4.69, 9.17) is 4.74 Å². The molecule has 4 rings (SSSR count). The number of benzene rings is 2. The van der Waals surface area contributed by atoms with Crippen molar-refractivity contribution in [3.63, 3.8) is 0 Å². The molecule has 4 aromatic rings. The molecule has 0 unspecified atom stereocenters. The van der Waals surface area contributed by atoms with Crippen molar-refractivity contribution >= 4 is 22.4 Å². The molecule has 0 saturated carbocycles. The number of nitrogens with zero attached hydrogens (tertiary/aromatic N) is 3. The van der Waals surface area contributed by atoms with E-state index in [2.05, 4.69) is 57.0 Å². The summed E-state index contributed by atoms with van der Waals surface area (Å²) < 4.78 is 7.80. The first kappa shape index (κ1) is 16.0. The van der Waals surface area contributed by atoms with Crippen LogP contribution in [0.3, 0.4) is 0 Å². The molecule has 0 aliphatic rings. The van der Waals surface area contributed by atoms with Crippen LogP contribution in [0.5, 0.6) is 0 Å². The lowest BCUT2D eigenvalue weighted by Gasteiger charge is -2.08. The van der Waals surface area contributed by atoms with Crippen LogP contribution in [0.2, 0.25) is 0 Å². The van der Waals surface area contributed by atoms with Crippen molar-refractivity contribution in [2.75, 3.05) is 0 Å². The SMILES string of the molecule is CC(C)OCc1ccc2c(c1)ncn2-c1cccc(-c2nccs2)c1. The minimum absolute atomic E-state index is 0.224. The molecule has 0 N–H and O–H groups in total. The highest BCUT2D eigenvalue weighted by Gasteiger charge is 2.08. The van der Waals surface area contributed by atoms with Crippen LogP contribution >= 0.6 is 11.3 Å². The fourth-order valence-corrected chi connectivity index (χ4v) is 3.41. The summed E-state index contributed by atoms with van der Waals surface area (Å²) in [5.74, 6) is 0. The predicted molar refractivity (Wildman–Crippen MR) is 102 cm³/mol. The maximum Gasteiger partial charge on any atom is 0.123 e. The third-order valence-electron chi connectivity index (χ3n) is 4.00. The van der Waals surface area contributed by atoms with Gasteiger partial charge in [-0.2, -0.15) is 0 Å². The Morgan fingerprint density at radius 2 is 2.04 bits per heavy atom. The highest BCUT2D eigenvalue weighted by molar-refractivity contribution is 7.13. The van der Waals surface area contributed by atoms with Gasteiger partial charge in [-0.25, -0.2) is 9.97 Å². The van der Waals surface area contributed by atoms with E-state index in [1.165, 1.54) is 0 Å². The first-order valence-corrected chi connectivity index (χ1v) is 9.16. The Balaban J connectivity index is 1.69. The summed E-state index contributed by atoms with van der Waals surface area (Å²) >= 11 is 1.65. The molecule has 0 bridgehead atoms. The van der Waals surface area contributed by atoms with Gasteiger partial charge in [0, 0.05) is 22.8 Å². The van der Waals surface area contributed by atoms with Crippen molar-refractivity contribution < 1.29 is 4.74 Å². The minimum Gasteiger partial charge on any atom is -0.374 e. The van der Waals surface area contributed by atoms with Crippen molar-refractivity contribution in [3.8, 4) is 16.3 Å². The topological polar surface area (TPSA) is 39.9 Å². The van der Waals surface area contributed by atoms with Crippen molar-refractivity contribution in [3.05, 3.63) is 65.9 Å². The molecule has 126 valence electrons. The Kier molecular flexibility index (Phi) is 4.34. The average Bonchev–Trinajstić information content (AvgIpc) is 3.29. The molecule has 4 nitrogen and oxygen atoms in total. The number of imidazole rings is 1. The van der Waals surface area contributed by atoms with Gasteiger partial charge < -0.3 is 4.74 Å². The molecule has 25 heavy (non-hydrogen) atoms. The van der Waals surface area contributed by atoms with E-state index in [9.17, 15) is 0 Å². The van der Waals surface area contributed by atoms with Gasteiger partial charge in [0.2, 0.25) is 0 Å². The van der Waals surface area contributed by atoms with E-state index in [1.807, 2.05) is 31.8 Å². The second-order valence-corrected chi connectivity index (χ2v) is 7.08. The molecule has 0 spiro atoms. The van der Waals surface area contributed by atoms with Gasteiger partial charge in [-0.3, -0.25) is 4.57 Å². The number of hydrogen-bond donors (Lipinski definition) is 0. The number of ether oxygens (including phenoxy) is 1. The van der Waals surface area contributed by atoms with Crippen LogP contribution < -0.4 is 0 Å². The van der Waals surface area contributed by atoms with Gasteiger partial charge >= 0.3 is 0 Å². The van der Waals surface area contributed by atoms with Crippen LogP contribution in [0.25, 0.3) is 27.3 Å². The Hall–Kier alpha value is -2.50. The average molecular weight is 349 g/mol. The highest BCUT2D eigenvalue weighted by atomic mass is 32.1. The summed E-state index contributed by atoms with van der Waals surface area (Å²) in [6.07, 6.45) is 3.93. The van der Waals surface area contributed by atoms with Crippen molar-refractivity contribution in [2.45, 2.75) is 26.6 Å². The lowest BCUT2D eigenvalue weighted by atomic mass is 10.2. The van der Waals surface area contributed by atoms with Gasteiger partial charge in [0.1, 0.15) is 11.3 Å². The Morgan fingerprint density at radius 1 is 1.12 bits per heavy atom. The highest BCUT2D eigenvalue weighted by Crippen LogP contribution is 2.26. The summed E-state index contributed by atoms with van der Waals surface area (Å²) in [5, 5.41) is 3.02. The third-order valence-corrected chi connectivity index (χ3v) is 4.82. The van der Waals surface area contributed by atoms with Crippen LogP contribution in [0, 0.1) is 0 Å². The molecule has 0 aliphatic heterocycles. The number of aromatic nitrogens is 3. The van der Waals surface area contributed by atoms with Gasteiger partial charge in [-0.05, 0) is 43.7 Å². The number of fused-ring (bicyclic) bond motifs is 1. The zero-order valence-electron chi connectivity index (χ0n) is 14.2. The maximum atomic E-state index is 5.68. The minimum atomic E-state index is 0.224. The zero-order chi connectivity index (χ0) is 17.2. The van der Waals surface area contributed by atoms with Gasteiger partial charge in [0.05, 0.1) is 23.7 Å². The van der Waals surface area contributed by atoms with Gasteiger partial charge in [-0.15, -0.1) is 11.3 Å². The van der Waals surface area contributed by atoms with Crippen LogP contribution in [0.15, 0.2) is 60.4 Å². The molecule has 0 fully saturated rings. The molecule has 2 heterocycles. The normalized spacial score (nSPS) is 11.5. The first-order valence-electron chi connectivity index (χ1n) is 8.28. The van der Waals surface area contributed by atoms with Crippen molar-refractivity contribution in [1.82, 2.24) is 14.5 Å². The van der Waals surface area contributed by atoms with Gasteiger partial charge in [0.15, 0.2) is 0 Å². The summed E-state index contributed by atoms with van der Waals surface area (Å²) in [6.45, 7) is 4.70. The van der Waals surface area contributed by atoms with Gasteiger partial charge in [-0.1, -0.05) is 18.2 Å². The molecule has 0 atom stereocenters. The number of rotatable bonds is 5. The largest absolute Gasteiger partial charge is 0.374 e. The Labute approximate surface area is 150 Å². The van der Waals surface area contributed by atoms with E-state index in [0.717, 1.165) is 32.9 Å². The maximum absolute atomic E-state index is 5.68. The molecule has 0 amide bonds. The number of thiazole rings is 1. The smallest absolute Gasteiger partial charge is 0.123 e. The molecule has 5 heteroatoms. The molecular formula is C20H19N3OS. The Morgan fingerprint density at radius 3 is 2.84 bits per heavy atom. The monoisotopic (exact) mass is 349 g/mol. The van der Waals surface area contributed by atoms with Crippen molar-refractivity contribution in [1.29, 1.82) is 0 Å². The van der Waals surface area contributed by atoms with Crippen LogP contribution in [0.1, 0.15) is 19.4 Å². The second kappa shape index (κ2) is 6.78. The van der Waals surface area contributed by atoms with E-state index in [0.29, 0.717) is 6.61 Å². The number of hydrogen-bond acceptors (Lipinski definition) is 4. The zero-order valence-corrected chi connectivity index (χ0v) is 15.0. The van der Waals surface area contributed by atoms with E-state index in [1.54, 1.807) is 11.3 Å². The van der Waals surface area contributed by atoms with Crippen LogP contribution in [-0.4, -0.2) is 20.6 Å². The molecular weight excluding hydrogens is 330 g/mol. The fourth-order valence-electron chi connectivity index (χ4n) is 2.77. The molecule has 2 aromatic heterocycles. The third kappa shape index (κ3) is 3.34. The molecule has 0 aliphatic carbocycles. The lowest BCUT2D eigenvalue weighted by molar-refractivity contribution is 0.0657. The Bertz CT molecular complexity index is 989. The molecule has 2 aromatic carbocycles. The summed E-state index contributed by atoms with van der Waals surface area (Å²) in [6, 6.07) is 14.7. The summed E-state index contributed by atoms with van der Waals surface area (Å²) in [5.41, 5.74) is 5.41. The van der Waals surface area contributed by atoms with Gasteiger partial charge in [0.25, 0.3) is 0 Å². The molecule has 0 saturated heterocycles. The quantitative estimate of drug-likeness (QED) is 0.505. The van der Waals surface area contributed by atoms with E-state index in [-0.39, 0.29) is 6.10 Å². The van der Waals surface area contributed by atoms with Crippen molar-refractivity contribution in [2.24, 2.45) is 0 Å². The standard InChI is InChI=1S/C20H19N3OS/c1-14(2)24-12-15-6-7-19-18(10-15)22-13-23(19)17-5-3-4-16(11-17)20-21-8-9-25-20/h3-11,13-14H,12H2,1-2H3.